The number of aliphatic imine (C=N–C) groups is 1. The van der Waals surface area contributed by atoms with Crippen LogP contribution < -0.4 is 5.32 Å². The van der Waals surface area contributed by atoms with Crippen LogP contribution in [0.15, 0.2) is 72.2 Å². The number of nitrogens with one attached hydrogen (secondary N) is 1. The van der Waals surface area contributed by atoms with Crippen molar-refractivity contribution in [3.05, 3.63) is 89.8 Å². The fourth-order valence-corrected chi connectivity index (χ4v) is 3.92. The van der Waals surface area contributed by atoms with E-state index in [1.54, 1.807) is 18.3 Å². The van der Waals surface area contributed by atoms with Crippen LogP contribution in [0.2, 0.25) is 0 Å². The number of benzene rings is 2. The van der Waals surface area contributed by atoms with Gasteiger partial charge in [0.25, 0.3) is 0 Å². The van der Waals surface area contributed by atoms with Crippen molar-refractivity contribution in [1.29, 1.82) is 0 Å². The Kier molecular flexibility index (Phi) is 9.25. The standard InChI is InChI=1S/C25H30FN5O.HI/c1-3-28-25(29-14-20-4-6-21(7-5-20)16-30-13-12-27-18-30)31-15-19(2)32-24(17-31)22-8-10-23(26)11-9-22;/h4-13,18-19,24H,3,14-17H2,1-2H3,(H,28,29);1H. The Morgan fingerprint density at radius 1 is 1.12 bits per heavy atom. The van der Waals surface area contributed by atoms with E-state index < -0.39 is 0 Å². The van der Waals surface area contributed by atoms with Crippen molar-refractivity contribution in [3.63, 3.8) is 0 Å². The zero-order chi connectivity index (χ0) is 22.3. The van der Waals surface area contributed by atoms with Gasteiger partial charge in [-0.3, -0.25) is 0 Å². The Labute approximate surface area is 211 Å². The molecular formula is C25H31FIN5O. The monoisotopic (exact) mass is 563 g/mol. The van der Waals surface area contributed by atoms with Gasteiger partial charge in [-0.05, 0) is 42.7 Å². The molecule has 1 aliphatic rings. The van der Waals surface area contributed by atoms with Crippen LogP contribution in [0.4, 0.5) is 4.39 Å². The predicted octanol–water partition coefficient (Wildman–Crippen LogP) is 4.62. The van der Waals surface area contributed by atoms with Crippen LogP contribution in [-0.4, -0.2) is 46.1 Å². The number of guanidine groups is 1. The van der Waals surface area contributed by atoms with E-state index in [1.165, 1.54) is 17.7 Å². The zero-order valence-electron chi connectivity index (χ0n) is 19.0. The number of nitrogens with zero attached hydrogens (tertiary/aromatic N) is 4. The summed E-state index contributed by atoms with van der Waals surface area (Å²) in [6.07, 6.45) is 5.50. The summed E-state index contributed by atoms with van der Waals surface area (Å²) >= 11 is 0. The molecule has 8 heteroatoms. The number of rotatable bonds is 6. The third-order valence-corrected chi connectivity index (χ3v) is 5.50. The largest absolute Gasteiger partial charge is 0.367 e. The van der Waals surface area contributed by atoms with E-state index in [1.807, 2.05) is 17.1 Å². The summed E-state index contributed by atoms with van der Waals surface area (Å²) < 4.78 is 21.5. The molecule has 1 aliphatic heterocycles. The Bertz CT molecular complexity index is 1010. The maximum absolute atomic E-state index is 13.3. The number of aromatic nitrogens is 2. The van der Waals surface area contributed by atoms with E-state index in [2.05, 4.69) is 53.3 Å². The maximum atomic E-state index is 13.3. The van der Waals surface area contributed by atoms with Crippen molar-refractivity contribution < 1.29 is 9.13 Å². The minimum absolute atomic E-state index is 0. The molecule has 1 fully saturated rings. The van der Waals surface area contributed by atoms with Gasteiger partial charge >= 0.3 is 0 Å². The van der Waals surface area contributed by atoms with Crippen molar-refractivity contribution in [1.82, 2.24) is 19.8 Å². The first kappa shape index (κ1) is 25.2. The first-order chi connectivity index (χ1) is 15.6. The Morgan fingerprint density at radius 3 is 2.52 bits per heavy atom. The molecule has 6 nitrogen and oxygen atoms in total. The highest BCUT2D eigenvalue weighted by Crippen LogP contribution is 2.25. The van der Waals surface area contributed by atoms with Crippen molar-refractivity contribution >= 4 is 29.9 Å². The van der Waals surface area contributed by atoms with E-state index >= 15 is 0 Å². The van der Waals surface area contributed by atoms with Gasteiger partial charge in [0.1, 0.15) is 11.9 Å². The Balaban J connectivity index is 0.00000306. The minimum atomic E-state index is -0.236. The molecule has 0 radical (unpaired) electrons. The van der Waals surface area contributed by atoms with Gasteiger partial charge in [-0.2, -0.15) is 0 Å². The second kappa shape index (κ2) is 12.1. The second-order valence-corrected chi connectivity index (χ2v) is 8.11. The van der Waals surface area contributed by atoms with Crippen molar-refractivity contribution in [3.8, 4) is 0 Å². The number of morpholine rings is 1. The van der Waals surface area contributed by atoms with Gasteiger partial charge in [-0.25, -0.2) is 14.4 Å². The van der Waals surface area contributed by atoms with Crippen molar-refractivity contribution in [2.45, 2.75) is 39.1 Å². The van der Waals surface area contributed by atoms with Gasteiger partial charge in [-0.1, -0.05) is 36.4 Å². The summed E-state index contributed by atoms with van der Waals surface area (Å²) in [5.74, 6) is 0.637. The van der Waals surface area contributed by atoms with Gasteiger partial charge < -0.3 is 19.5 Å². The first-order valence-electron chi connectivity index (χ1n) is 11.1. The Morgan fingerprint density at radius 2 is 1.85 bits per heavy atom. The van der Waals surface area contributed by atoms with Gasteiger partial charge in [0.2, 0.25) is 0 Å². The predicted molar refractivity (Wildman–Crippen MR) is 139 cm³/mol. The molecule has 1 N–H and O–H groups in total. The maximum Gasteiger partial charge on any atom is 0.194 e. The number of imidazole rings is 1. The average molecular weight is 563 g/mol. The summed E-state index contributed by atoms with van der Waals surface area (Å²) in [6.45, 7) is 7.75. The molecule has 0 aliphatic carbocycles. The SMILES string of the molecule is CCNC(=NCc1ccc(Cn2ccnc2)cc1)N1CC(C)OC(c2ccc(F)cc2)C1.I. The second-order valence-electron chi connectivity index (χ2n) is 8.11. The van der Waals surface area contributed by atoms with Gasteiger partial charge in [0.15, 0.2) is 5.96 Å². The molecule has 1 saturated heterocycles. The molecule has 0 spiro atoms. The third kappa shape index (κ3) is 7.01. The molecule has 2 aromatic carbocycles. The molecule has 176 valence electrons. The highest BCUT2D eigenvalue weighted by molar-refractivity contribution is 14.0. The third-order valence-electron chi connectivity index (χ3n) is 5.50. The molecule has 3 aromatic rings. The molecule has 2 heterocycles. The lowest BCUT2D eigenvalue weighted by Crippen LogP contribution is -2.50. The molecule has 0 saturated carbocycles. The molecule has 4 rings (SSSR count). The summed E-state index contributed by atoms with van der Waals surface area (Å²) in [7, 11) is 0. The van der Waals surface area contributed by atoms with Crippen LogP contribution in [-0.2, 0) is 17.8 Å². The highest BCUT2D eigenvalue weighted by atomic mass is 127. The van der Waals surface area contributed by atoms with Crippen LogP contribution in [0.3, 0.4) is 0 Å². The van der Waals surface area contributed by atoms with Crippen LogP contribution >= 0.6 is 24.0 Å². The molecule has 2 atom stereocenters. The fraction of sp³-hybridized carbons (Fsp3) is 0.360. The van der Waals surface area contributed by atoms with Crippen LogP contribution in [0, 0.1) is 5.82 Å². The highest BCUT2D eigenvalue weighted by Gasteiger charge is 2.28. The van der Waals surface area contributed by atoms with Gasteiger partial charge in [-0.15, -0.1) is 24.0 Å². The smallest absolute Gasteiger partial charge is 0.194 e. The van der Waals surface area contributed by atoms with E-state index in [4.69, 9.17) is 9.73 Å². The van der Waals surface area contributed by atoms with Crippen LogP contribution in [0.25, 0.3) is 0 Å². The minimum Gasteiger partial charge on any atom is -0.367 e. The fourth-order valence-electron chi connectivity index (χ4n) is 3.92. The number of hydrogen-bond donors (Lipinski definition) is 1. The molecule has 2 unspecified atom stereocenters. The van der Waals surface area contributed by atoms with E-state index in [0.717, 1.165) is 36.7 Å². The molecular weight excluding hydrogens is 532 g/mol. The molecule has 1 aromatic heterocycles. The first-order valence-corrected chi connectivity index (χ1v) is 11.1. The van der Waals surface area contributed by atoms with Gasteiger partial charge in [0, 0.05) is 32.0 Å². The quantitative estimate of drug-likeness (QED) is 0.271. The molecule has 0 amide bonds. The van der Waals surface area contributed by atoms with E-state index in [-0.39, 0.29) is 42.0 Å². The summed E-state index contributed by atoms with van der Waals surface area (Å²) in [4.78, 5) is 11.2. The zero-order valence-corrected chi connectivity index (χ0v) is 21.4. The van der Waals surface area contributed by atoms with Crippen LogP contribution in [0.5, 0.6) is 0 Å². The molecule has 0 bridgehead atoms. The number of ether oxygens (including phenoxy) is 1. The van der Waals surface area contributed by atoms with E-state index in [9.17, 15) is 4.39 Å². The summed E-state index contributed by atoms with van der Waals surface area (Å²) in [6, 6.07) is 15.1. The normalized spacial score (nSPS) is 18.6. The van der Waals surface area contributed by atoms with Crippen molar-refractivity contribution in [2.24, 2.45) is 4.99 Å². The van der Waals surface area contributed by atoms with Crippen LogP contribution in [0.1, 0.15) is 36.6 Å². The van der Waals surface area contributed by atoms with Crippen molar-refractivity contribution in [2.75, 3.05) is 19.6 Å². The number of hydrogen-bond acceptors (Lipinski definition) is 3. The van der Waals surface area contributed by atoms with E-state index in [0.29, 0.717) is 13.1 Å². The average Bonchev–Trinajstić information content (AvgIpc) is 3.31. The van der Waals surface area contributed by atoms with Gasteiger partial charge in [0.05, 0.1) is 25.5 Å². The number of halogens is 2. The summed E-state index contributed by atoms with van der Waals surface area (Å²) in [5, 5.41) is 3.42. The lowest BCUT2D eigenvalue weighted by atomic mass is 10.1. The lowest BCUT2D eigenvalue weighted by Gasteiger charge is -2.38. The molecule has 33 heavy (non-hydrogen) atoms. The topological polar surface area (TPSA) is 54.7 Å². The summed E-state index contributed by atoms with van der Waals surface area (Å²) in [5.41, 5.74) is 3.37. The Hall–Kier alpha value is -2.46. The lowest BCUT2D eigenvalue weighted by molar-refractivity contribution is -0.0605.